The number of nitrogens with zero attached hydrogens (tertiary/aromatic N) is 3. The van der Waals surface area contributed by atoms with E-state index < -0.39 is 0 Å². The summed E-state index contributed by atoms with van der Waals surface area (Å²) in [5.41, 5.74) is 3.73. The van der Waals surface area contributed by atoms with Crippen molar-refractivity contribution in [3.8, 4) is 0 Å². The van der Waals surface area contributed by atoms with Gasteiger partial charge in [0.05, 0.1) is 6.20 Å². The van der Waals surface area contributed by atoms with Crippen LogP contribution in [-0.2, 0) is 0 Å². The molecule has 2 N–H and O–H groups in total. The van der Waals surface area contributed by atoms with E-state index in [0.717, 1.165) is 22.5 Å². The van der Waals surface area contributed by atoms with Crippen LogP contribution in [0.4, 0.5) is 23.1 Å². The molecule has 1 aromatic heterocycles. The quantitative estimate of drug-likeness (QED) is 0.663. The molecule has 0 saturated carbocycles. The molecule has 2 aromatic carbocycles. The number of anilines is 4. The number of hydrogen-bond donors (Lipinski definition) is 2. The second-order valence-electron chi connectivity index (χ2n) is 5.34. The van der Waals surface area contributed by atoms with E-state index in [0.29, 0.717) is 21.8 Å². The Hall–Kier alpha value is -2.37. The predicted octanol–water partition coefficient (Wildman–Crippen LogP) is 5.28. The molecule has 0 radical (unpaired) electrons. The molecule has 7 heteroatoms. The molecule has 0 aliphatic carbocycles. The Bertz CT molecular complexity index is 883. The molecule has 0 aliphatic heterocycles. The van der Waals surface area contributed by atoms with Crippen LogP contribution in [0.3, 0.4) is 0 Å². The number of rotatable bonds is 4. The van der Waals surface area contributed by atoms with Gasteiger partial charge in [0, 0.05) is 21.4 Å². The fraction of sp³-hybridized carbons (Fsp3) is 0.118. The van der Waals surface area contributed by atoms with E-state index in [1.165, 1.54) is 0 Å². The third-order valence-electron chi connectivity index (χ3n) is 3.44. The molecule has 3 rings (SSSR count). The maximum absolute atomic E-state index is 6.13. The molecule has 122 valence electrons. The number of aromatic nitrogens is 3. The van der Waals surface area contributed by atoms with Crippen molar-refractivity contribution in [1.82, 2.24) is 15.2 Å². The molecule has 0 aliphatic rings. The second kappa shape index (κ2) is 7.03. The Morgan fingerprint density at radius 3 is 2.50 bits per heavy atom. The summed E-state index contributed by atoms with van der Waals surface area (Å²) in [5, 5.41) is 15.6. The maximum atomic E-state index is 6.13. The Morgan fingerprint density at radius 1 is 0.917 bits per heavy atom. The van der Waals surface area contributed by atoms with Crippen LogP contribution in [0.1, 0.15) is 11.1 Å². The largest absolute Gasteiger partial charge is 0.339 e. The van der Waals surface area contributed by atoms with Gasteiger partial charge >= 0.3 is 0 Å². The van der Waals surface area contributed by atoms with Gasteiger partial charge in [0.15, 0.2) is 5.82 Å². The third kappa shape index (κ3) is 3.93. The van der Waals surface area contributed by atoms with Gasteiger partial charge in [-0.05, 0) is 55.3 Å². The van der Waals surface area contributed by atoms with Crippen molar-refractivity contribution in [3.63, 3.8) is 0 Å². The van der Waals surface area contributed by atoms with Gasteiger partial charge in [0.2, 0.25) is 5.95 Å². The van der Waals surface area contributed by atoms with E-state index in [2.05, 4.69) is 25.8 Å². The molecule has 3 aromatic rings. The minimum absolute atomic E-state index is 0.381. The molecule has 0 bridgehead atoms. The Kier molecular flexibility index (Phi) is 4.83. The summed E-state index contributed by atoms with van der Waals surface area (Å²) >= 11 is 12.1. The average Bonchev–Trinajstić information content (AvgIpc) is 2.54. The SMILES string of the molecule is Cc1ccc(Nc2nncc(Nc3ccc(Cl)cc3C)n2)cc1Cl. The summed E-state index contributed by atoms with van der Waals surface area (Å²) < 4.78 is 0. The number of nitrogens with one attached hydrogen (secondary N) is 2. The molecule has 0 spiro atoms. The molecule has 5 nitrogen and oxygen atoms in total. The lowest BCUT2D eigenvalue weighted by atomic mass is 10.2. The first kappa shape index (κ1) is 16.5. The zero-order valence-electron chi connectivity index (χ0n) is 13.1. The highest BCUT2D eigenvalue weighted by molar-refractivity contribution is 6.31. The van der Waals surface area contributed by atoms with Crippen LogP contribution in [0.25, 0.3) is 0 Å². The molecule has 1 heterocycles. The number of benzene rings is 2. The standard InChI is InChI=1S/C17H15Cl2N5/c1-10-3-5-13(8-14(10)19)21-17-23-16(9-20-24-17)22-15-6-4-12(18)7-11(15)2/h3-9H,1-2H3,(H2,21,22,23,24). The summed E-state index contributed by atoms with van der Waals surface area (Å²) in [4.78, 5) is 4.41. The van der Waals surface area contributed by atoms with Crippen LogP contribution in [-0.4, -0.2) is 15.2 Å². The average molecular weight is 360 g/mol. The van der Waals surface area contributed by atoms with Crippen molar-refractivity contribution < 1.29 is 0 Å². The highest BCUT2D eigenvalue weighted by Crippen LogP contribution is 2.24. The van der Waals surface area contributed by atoms with Crippen molar-refractivity contribution in [1.29, 1.82) is 0 Å². The summed E-state index contributed by atoms with van der Waals surface area (Å²) in [6, 6.07) is 11.3. The second-order valence-corrected chi connectivity index (χ2v) is 6.18. The lowest BCUT2D eigenvalue weighted by molar-refractivity contribution is 0.982. The van der Waals surface area contributed by atoms with Gasteiger partial charge < -0.3 is 10.6 Å². The van der Waals surface area contributed by atoms with E-state index in [1.807, 2.05) is 50.2 Å². The van der Waals surface area contributed by atoms with E-state index in [4.69, 9.17) is 23.2 Å². The van der Waals surface area contributed by atoms with Crippen LogP contribution in [0.2, 0.25) is 10.0 Å². The molecule has 0 atom stereocenters. The molecule has 24 heavy (non-hydrogen) atoms. The van der Waals surface area contributed by atoms with Crippen molar-refractivity contribution >= 4 is 46.3 Å². The third-order valence-corrected chi connectivity index (χ3v) is 4.08. The smallest absolute Gasteiger partial charge is 0.249 e. The van der Waals surface area contributed by atoms with E-state index >= 15 is 0 Å². The van der Waals surface area contributed by atoms with Crippen LogP contribution in [0.15, 0.2) is 42.6 Å². The zero-order valence-corrected chi connectivity index (χ0v) is 14.7. The van der Waals surface area contributed by atoms with Gasteiger partial charge in [-0.2, -0.15) is 10.1 Å². The predicted molar refractivity (Wildman–Crippen MR) is 98.8 cm³/mol. The van der Waals surface area contributed by atoms with Gasteiger partial charge in [-0.25, -0.2) is 0 Å². The van der Waals surface area contributed by atoms with Crippen LogP contribution < -0.4 is 10.6 Å². The first-order valence-corrected chi connectivity index (χ1v) is 8.03. The molecule has 0 unspecified atom stereocenters. The van der Waals surface area contributed by atoms with Crippen molar-refractivity contribution in [3.05, 3.63) is 63.8 Å². The molecule has 0 saturated heterocycles. The van der Waals surface area contributed by atoms with Crippen molar-refractivity contribution in [2.75, 3.05) is 10.6 Å². The maximum Gasteiger partial charge on any atom is 0.249 e. The molecular weight excluding hydrogens is 345 g/mol. The summed E-state index contributed by atoms with van der Waals surface area (Å²) in [6.07, 6.45) is 1.56. The van der Waals surface area contributed by atoms with Gasteiger partial charge in [-0.15, -0.1) is 5.10 Å². The number of aryl methyl sites for hydroxylation is 2. The summed E-state index contributed by atoms with van der Waals surface area (Å²) in [7, 11) is 0. The first-order valence-electron chi connectivity index (χ1n) is 7.27. The fourth-order valence-corrected chi connectivity index (χ4v) is 2.53. The fourth-order valence-electron chi connectivity index (χ4n) is 2.12. The Balaban J connectivity index is 1.79. The summed E-state index contributed by atoms with van der Waals surface area (Å²) in [5.74, 6) is 0.961. The molecule has 0 fully saturated rings. The van der Waals surface area contributed by atoms with Crippen molar-refractivity contribution in [2.45, 2.75) is 13.8 Å². The monoisotopic (exact) mass is 359 g/mol. The lowest BCUT2D eigenvalue weighted by Gasteiger charge is -2.10. The topological polar surface area (TPSA) is 62.7 Å². The number of halogens is 2. The van der Waals surface area contributed by atoms with Gasteiger partial charge in [-0.3, -0.25) is 0 Å². The van der Waals surface area contributed by atoms with Crippen molar-refractivity contribution in [2.24, 2.45) is 0 Å². The van der Waals surface area contributed by atoms with Gasteiger partial charge in [0.25, 0.3) is 0 Å². The van der Waals surface area contributed by atoms with Gasteiger partial charge in [-0.1, -0.05) is 29.3 Å². The molecular formula is C17H15Cl2N5. The minimum atomic E-state index is 0.381. The minimum Gasteiger partial charge on any atom is -0.339 e. The number of hydrogen-bond acceptors (Lipinski definition) is 5. The van der Waals surface area contributed by atoms with Crippen LogP contribution >= 0.6 is 23.2 Å². The lowest BCUT2D eigenvalue weighted by Crippen LogP contribution is -2.03. The van der Waals surface area contributed by atoms with Crippen LogP contribution in [0, 0.1) is 13.8 Å². The van der Waals surface area contributed by atoms with Crippen LogP contribution in [0.5, 0.6) is 0 Å². The molecule has 0 amide bonds. The first-order chi connectivity index (χ1) is 11.5. The Labute approximate surface area is 150 Å². The highest BCUT2D eigenvalue weighted by Gasteiger charge is 2.05. The van der Waals surface area contributed by atoms with E-state index in [1.54, 1.807) is 6.20 Å². The zero-order chi connectivity index (χ0) is 17.1. The summed E-state index contributed by atoms with van der Waals surface area (Å²) in [6.45, 7) is 3.92. The van der Waals surface area contributed by atoms with E-state index in [9.17, 15) is 0 Å². The normalized spacial score (nSPS) is 10.5. The highest BCUT2D eigenvalue weighted by atomic mass is 35.5. The van der Waals surface area contributed by atoms with Gasteiger partial charge in [0.1, 0.15) is 0 Å². The van der Waals surface area contributed by atoms with E-state index in [-0.39, 0.29) is 0 Å². The Morgan fingerprint density at radius 2 is 1.75 bits per heavy atom.